The van der Waals surface area contributed by atoms with E-state index in [1.54, 1.807) is 0 Å². The maximum Gasteiger partial charge on any atom is 0.0613 e. The summed E-state index contributed by atoms with van der Waals surface area (Å²) in [6.07, 6.45) is 0. The summed E-state index contributed by atoms with van der Waals surface area (Å²) in [6.45, 7) is 0. The highest BCUT2D eigenvalue weighted by atomic mass is 15.0. The van der Waals surface area contributed by atoms with Gasteiger partial charge in [0.2, 0.25) is 0 Å². The molecular formula is C30H21N. The lowest BCUT2D eigenvalue weighted by Gasteiger charge is -2.15. The molecule has 0 saturated carbocycles. The minimum absolute atomic E-state index is 1.17. The van der Waals surface area contributed by atoms with Crippen LogP contribution >= 0.6 is 0 Å². The Morgan fingerprint density at radius 1 is 0.387 bits per heavy atom. The first-order valence-corrected chi connectivity index (χ1v) is 10.6. The van der Waals surface area contributed by atoms with Crippen LogP contribution in [0.25, 0.3) is 49.7 Å². The van der Waals surface area contributed by atoms with Gasteiger partial charge in [0.25, 0.3) is 0 Å². The molecule has 146 valence electrons. The Labute approximate surface area is 181 Å². The van der Waals surface area contributed by atoms with Crippen LogP contribution in [0.15, 0.2) is 127 Å². The van der Waals surface area contributed by atoms with Gasteiger partial charge in [-0.25, -0.2) is 0 Å². The highest BCUT2D eigenvalue weighted by Gasteiger charge is 2.20. The molecule has 6 rings (SSSR count). The quantitative estimate of drug-likeness (QED) is 0.285. The summed E-state index contributed by atoms with van der Waals surface area (Å²) in [4.78, 5) is 0. The zero-order valence-electron chi connectivity index (χ0n) is 17.1. The van der Waals surface area contributed by atoms with Gasteiger partial charge in [0.1, 0.15) is 0 Å². The smallest absolute Gasteiger partial charge is 0.0613 e. The SMILES string of the molecule is c1ccc(-c2c3ccccc3c(-c3ccccc3)n2-c2ccc3ccccc3c2)cc1. The van der Waals surface area contributed by atoms with Gasteiger partial charge in [0.15, 0.2) is 0 Å². The highest BCUT2D eigenvalue weighted by Crippen LogP contribution is 2.41. The summed E-state index contributed by atoms with van der Waals surface area (Å²) >= 11 is 0. The number of nitrogens with zero attached hydrogens (tertiary/aromatic N) is 1. The average Bonchev–Trinajstić information content (AvgIpc) is 3.20. The summed E-state index contributed by atoms with van der Waals surface area (Å²) in [5.74, 6) is 0. The molecule has 0 aliphatic heterocycles. The van der Waals surface area contributed by atoms with E-state index in [-0.39, 0.29) is 0 Å². The lowest BCUT2D eigenvalue weighted by atomic mass is 10.0. The second-order valence-electron chi connectivity index (χ2n) is 7.84. The monoisotopic (exact) mass is 395 g/mol. The van der Waals surface area contributed by atoms with E-state index in [2.05, 4.69) is 132 Å². The van der Waals surface area contributed by atoms with Crippen LogP contribution in [0.5, 0.6) is 0 Å². The number of rotatable bonds is 3. The Morgan fingerprint density at radius 2 is 0.871 bits per heavy atom. The van der Waals surface area contributed by atoms with Crippen molar-refractivity contribution < 1.29 is 0 Å². The third kappa shape index (κ3) is 2.94. The van der Waals surface area contributed by atoms with Crippen molar-refractivity contribution in [1.82, 2.24) is 4.57 Å². The first kappa shape index (κ1) is 17.7. The lowest BCUT2D eigenvalue weighted by molar-refractivity contribution is 1.11. The van der Waals surface area contributed by atoms with E-state index in [4.69, 9.17) is 0 Å². The third-order valence-electron chi connectivity index (χ3n) is 5.97. The Hall–Kier alpha value is -4.10. The predicted octanol–water partition coefficient (Wildman–Crippen LogP) is 8.12. The van der Waals surface area contributed by atoms with Crippen LogP contribution in [-0.4, -0.2) is 4.57 Å². The van der Waals surface area contributed by atoms with E-state index in [9.17, 15) is 0 Å². The largest absolute Gasteiger partial charge is 0.308 e. The fourth-order valence-electron chi connectivity index (χ4n) is 4.58. The van der Waals surface area contributed by atoms with Gasteiger partial charge in [-0.15, -0.1) is 0 Å². The summed E-state index contributed by atoms with van der Waals surface area (Å²) < 4.78 is 2.43. The van der Waals surface area contributed by atoms with Crippen LogP contribution in [0.3, 0.4) is 0 Å². The van der Waals surface area contributed by atoms with Gasteiger partial charge in [-0.3, -0.25) is 0 Å². The molecule has 31 heavy (non-hydrogen) atoms. The van der Waals surface area contributed by atoms with Gasteiger partial charge in [-0.1, -0.05) is 115 Å². The molecular weight excluding hydrogens is 374 g/mol. The van der Waals surface area contributed by atoms with E-state index in [1.807, 2.05) is 0 Å². The minimum atomic E-state index is 1.17. The summed E-state index contributed by atoms with van der Waals surface area (Å²) in [7, 11) is 0. The van der Waals surface area contributed by atoms with Gasteiger partial charge >= 0.3 is 0 Å². The van der Waals surface area contributed by atoms with Crippen LogP contribution in [-0.2, 0) is 0 Å². The van der Waals surface area contributed by atoms with Crippen molar-refractivity contribution in [3.63, 3.8) is 0 Å². The topological polar surface area (TPSA) is 4.93 Å². The molecule has 0 unspecified atom stereocenters. The van der Waals surface area contributed by atoms with Crippen LogP contribution < -0.4 is 0 Å². The Morgan fingerprint density at radius 3 is 1.45 bits per heavy atom. The summed E-state index contributed by atoms with van der Waals surface area (Å²) in [5.41, 5.74) is 6.06. The number of hydrogen-bond donors (Lipinski definition) is 0. The van der Waals surface area contributed by atoms with E-state index >= 15 is 0 Å². The molecule has 1 nitrogen and oxygen atoms in total. The zero-order chi connectivity index (χ0) is 20.6. The molecule has 0 N–H and O–H groups in total. The first-order valence-electron chi connectivity index (χ1n) is 10.6. The Kier molecular flexibility index (Phi) is 4.18. The number of aromatic nitrogens is 1. The molecule has 0 radical (unpaired) electrons. The second kappa shape index (κ2) is 7.30. The van der Waals surface area contributed by atoms with Crippen molar-refractivity contribution in [1.29, 1.82) is 0 Å². The van der Waals surface area contributed by atoms with Crippen LogP contribution in [0.2, 0.25) is 0 Å². The maximum atomic E-state index is 2.43. The lowest BCUT2D eigenvalue weighted by Crippen LogP contribution is -1.99. The normalized spacial score (nSPS) is 11.2. The minimum Gasteiger partial charge on any atom is -0.308 e. The molecule has 0 aliphatic carbocycles. The maximum absolute atomic E-state index is 2.43. The van der Waals surface area contributed by atoms with Crippen LogP contribution in [0.4, 0.5) is 0 Å². The van der Waals surface area contributed by atoms with Crippen molar-refractivity contribution in [3.8, 4) is 28.2 Å². The predicted molar refractivity (Wildman–Crippen MR) is 132 cm³/mol. The van der Waals surface area contributed by atoms with Crippen LogP contribution in [0.1, 0.15) is 0 Å². The Bertz CT molecular complexity index is 1430. The molecule has 0 bridgehead atoms. The summed E-state index contributed by atoms with van der Waals surface area (Å²) in [5, 5.41) is 5.03. The molecule has 0 atom stereocenters. The second-order valence-corrected chi connectivity index (χ2v) is 7.84. The van der Waals surface area contributed by atoms with E-state index in [1.165, 1.54) is 49.7 Å². The van der Waals surface area contributed by atoms with Gasteiger partial charge in [-0.2, -0.15) is 0 Å². The van der Waals surface area contributed by atoms with Gasteiger partial charge in [0, 0.05) is 16.5 Å². The highest BCUT2D eigenvalue weighted by molar-refractivity contribution is 6.06. The summed E-state index contributed by atoms with van der Waals surface area (Å²) in [6, 6.07) is 45.5. The van der Waals surface area contributed by atoms with Crippen molar-refractivity contribution in [3.05, 3.63) is 127 Å². The standard InChI is InChI=1S/C30H21N/c1-3-12-23(13-4-1)29-27-17-9-10-18-28(27)30(24-14-5-2-6-15-24)31(29)26-20-19-22-11-7-8-16-25(22)21-26/h1-21H. The number of benzene rings is 5. The van der Waals surface area contributed by atoms with Gasteiger partial charge in [0.05, 0.1) is 11.4 Å². The van der Waals surface area contributed by atoms with Crippen molar-refractivity contribution in [2.24, 2.45) is 0 Å². The zero-order valence-corrected chi connectivity index (χ0v) is 17.1. The van der Waals surface area contributed by atoms with E-state index in [0.717, 1.165) is 0 Å². The average molecular weight is 396 g/mol. The molecule has 0 fully saturated rings. The molecule has 5 aromatic carbocycles. The fraction of sp³-hybridized carbons (Fsp3) is 0. The molecule has 1 heterocycles. The molecule has 1 aromatic heterocycles. The molecule has 6 aromatic rings. The molecule has 1 heteroatoms. The van der Waals surface area contributed by atoms with E-state index < -0.39 is 0 Å². The van der Waals surface area contributed by atoms with Gasteiger partial charge in [-0.05, 0) is 34.0 Å². The van der Waals surface area contributed by atoms with Crippen molar-refractivity contribution in [2.75, 3.05) is 0 Å². The number of fused-ring (bicyclic) bond motifs is 2. The molecule has 0 aliphatic rings. The first-order chi connectivity index (χ1) is 15.4. The third-order valence-corrected chi connectivity index (χ3v) is 5.97. The van der Waals surface area contributed by atoms with Crippen molar-refractivity contribution >= 4 is 21.5 Å². The van der Waals surface area contributed by atoms with Crippen molar-refractivity contribution in [2.45, 2.75) is 0 Å². The molecule has 0 saturated heterocycles. The number of hydrogen-bond acceptors (Lipinski definition) is 0. The fourth-order valence-corrected chi connectivity index (χ4v) is 4.58. The van der Waals surface area contributed by atoms with E-state index in [0.29, 0.717) is 0 Å². The molecule has 0 amide bonds. The van der Waals surface area contributed by atoms with Crippen LogP contribution in [0, 0.1) is 0 Å². The molecule has 0 spiro atoms. The Balaban J connectivity index is 1.78. The van der Waals surface area contributed by atoms with Gasteiger partial charge < -0.3 is 4.57 Å².